The number of para-hydroxylation sites is 1. The highest BCUT2D eigenvalue weighted by Gasteiger charge is 2.35. The maximum Gasteiger partial charge on any atom is 0.249 e. The molecule has 2 amide bonds. The normalized spacial score (nSPS) is 16.3. The maximum absolute atomic E-state index is 13.9. The second-order valence-electron chi connectivity index (χ2n) is 7.00. The highest BCUT2D eigenvalue weighted by Crippen LogP contribution is 2.30. The second-order valence-corrected chi connectivity index (χ2v) is 7.00. The van der Waals surface area contributed by atoms with E-state index in [0.29, 0.717) is 34.3 Å². The molecule has 1 aliphatic rings. The molecule has 148 valence electrons. The van der Waals surface area contributed by atoms with Gasteiger partial charge in [-0.15, -0.1) is 10.2 Å². The molecule has 1 saturated heterocycles. The molecule has 2 heterocycles. The lowest BCUT2D eigenvalue weighted by Gasteiger charge is -2.17. The molecule has 8 heteroatoms. The van der Waals surface area contributed by atoms with Crippen LogP contribution >= 0.6 is 0 Å². The quantitative estimate of drug-likeness (QED) is 0.732. The van der Waals surface area contributed by atoms with Crippen molar-refractivity contribution in [3.63, 3.8) is 0 Å². The number of aromatic nitrogens is 2. The summed E-state index contributed by atoms with van der Waals surface area (Å²) < 4.78 is 19.3. The number of hydrogen-bond donors (Lipinski definition) is 1. The Bertz CT molecular complexity index is 1100. The molecule has 0 radical (unpaired) electrons. The summed E-state index contributed by atoms with van der Waals surface area (Å²) in [5.74, 6) is -0.719. The minimum Gasteiger partial charge on any atom is -0.421 e. The number of hydrogen-bond acceptors (Lipinski definition) is 5. The van der Waals surface area contributed by atoms with E-state index in [1.54, 1.807) is 50.2 Å². The van der Waals surface area contributed by atoms with Crippen LogP contribution in [0.3, 0.4) is 0 Å². The molecule has 1 aromatic heterocycles. The first kappa shape index (κ1) is 18.8. The third-order valence-electron chi connectivity index (χ3n) is 4.90. The SMILES string of the molecule is Cc1nnc(-c2ccccc2NC(=O)[C@H]2CC(=O)N(c3ccc(C)c(F)c3)C2)o1. The summed E-state index contributed by atoms with van der Waals surface area (Å²) in [5, 5.41) is 10.7. The van der Waals surface area contributed by atoms with Crippen molar-refractivity contribution >= 4 is 23.2 Å². The molecule has 7 nitrogen and oxygen atoms in total. The number of halogens is 1. The van der Waals surface area contributed by atoms with E-state index in [4.69, 9.17) is 4.42 Å². The lowest BCUT2D eigenvalue weighted by atomic mass is 10.1. The molecule has 1 fully saturated rings. The predicted molar refractivity (Wildman–Crippen MR) is 105 cm³/mol. The standard InChI is InChI=1S/C21H19FN4O3/c1-12-7-8-15(10-17(12)22)26-11-14(9-19(26)27)20(28)23-18-6-4-3-5-16(18)21-25-24-13(2)29-21/h3-8,10,14H,9,11H2,1-2H3,(H,23,28)/t14-/m0/s1. The Labute approximate surface area is 166 Å². The highest BCUT2D eigenvalue weighted by atomic mass is 19.1. The molecule has 0 unspecified atom stereocenters. The Balaban J connectivity index is 1.52. The molecule has 1 aliphatic heterocycles. The number of carbonyl (C=O) groups excluding carboxylic acids is 2. The van der Waals surface area contributed by atoms with Crippen LogP contribution in [0.15, 0.2) is 46.9 Å². The number of nitrogens with zero attached hydrogens (tertiary/aromatic N) is 3. The zero-order valence-electron chi connectivity index (χ0n) is 16.0. The van der Waals surface area contributed by atoms with E-state index in [1.807, 2.05) is 0 Å². The Kier molecular flexibility index (Phi) is 4.84. The first-order valence-corrected chi connectivity index (χ1v) is 9.19. The van der Waals surface area contributed by atoms with Gasteiger partial charge in [0.05, 0.1) is 17.2 Å². The molecule has 29 heavy (non-hydrogen) atoms. The fraction of sp³-hybridized carbons (Fsp3) is 0.238. The van der Waals surface area contributed by atoms with Crippen LogP contribution in [-0.4, -0.2) is 28.6 Å². The minimum atomic E-state index is -0.552. The van der Waals surface area contributed by atoms with Crippen LogP contribution in [0.1, 0.15) is 17.9 Å². The van der Waals surface area contributed by atoms with Crippen molar-refractivity contribution in [3.05, 3.63) is 59.7 Å². The molecule has 1 N–H and O–H groups in total. The van der Waals surface area contributed by atoms with E-state index in [2.05, 4.69) is 15.5 Å². The van der Waals surface area contributed by atoms with Crippen molar-refractivity contribution in [1.29, 1.82) is 0 Å². The van der Waals surface area contributed by atoms with Gasteiger partial charge in [-0.2, -0.15) is 0 Å². The van der Waals surface area contributed by atoms with E-state index in [1.165, 1.54) is 11.0 Å². The molecule has 0 bridgehead atoms. The number of nitrogens with one attached hydrogen (secondary N) is 1. The minimum absolute atomic E-state index is 0.0587. The van der Waals surface area contributed by atoms with Crippen LogP contribution in [0.4, 0.5) is 15.8 Å². The molecule has 0 spiro atoms. The number of carbonyl (C=O) groups is 2. The topological polar surface area (TPSA) is 88.3 Å². The average molecular weight is 394 g/mol. The largest absolute Gasteiger partial charge is 0.421 e. The van der Waals surface area contributed by atoms with Gasteiger partial charge in [0.15, 0.2) is 0 Å². The molecule has 0 aliphatic carbocycles. The lowest BCUT2D eigenvalue weighted by molar-refractivity contribution is -0.122. The summed E-state index contributed by atoms with van der Waals surface area (Å²) in [7, 11) is 0. The van der Waals surface area contributed by atoms with Crippen molar-refractivity contribution in [3.8, 4) is 11.5 Å². The Morgan fingerprint density at radius 1 is 1.21 bits per heavy atom. The smallest absolute Gasteiger partial charge is 0.249 e. The van der Waals surface area contributed by atoms with Gasteiger partial charge in [-0.1, -0.05) is 18.2 Å². The summed E-state index contributed by atoms with van der Waals surface area (Å²) in [6, 6.07) is 11.7. The highest BCUT2D eigenvalue weighted by molar-refractivity contribution is 6.04. The van der Waals surface area contributed by atoms with Crippen LogP contribution in [0.25, 0.3) is 11.5 Å². The molecule has 3 aromatic rings. The molecule has 2 aromatic carbocycles. The Morgan fingerprint density at radius 2 is 2.00 bits per heavy atom. The molecular weight excluding hydrogens is 375 g/mol. The number of aryl methyl sites for hydroxylation is 2. The van der Waals surface area contributed by atoms with Crippen molar-refractivity contribution < 1.29 is 18.4 Å². The van der Waals surface area contributed by atoms with E-state index >= 15 is 0 Å². The molecule has 0 saturated carbocycles. The zero-order valence-corrected chi connectivity index (χ0v) is 16.0. The van der Waals surface area contributed by atoms with Gasteiger partial charge in [0.2, 0.25) is 23.6 Å². The van der Waals surface area contributed by atoms with Crippen LogP contribution < -0.4 is 10.2 Å². The number of anilines is 2. The molecular formula is C21H19FN4O3. The summed E-state index contributed by atoms with van der Waals surface area (Å²) in [4.78, 5) is 26.7. The number of amides is 2. The lowest BCUT2D eigenvalue weighted by Crippen LogP contribution is -2.28. The fourth-order valence-electron chi connectivity index (χ4n) is 3.30. The molecule has 1 atom stereocenters. The van der Waals surface area contributed by atoms with E-state index in [9.17, 15) is 14.0 Å². The number of rotatable bonds is 4. The second kappa shape index (κ2) is 7.46. The summed E-state index contributed by atoms with van der Waals surface area (Å²) >= 11 is 0. The third-order valence-corrected chi connectivity index (χ3v) is 4.90. The van der Waals surface area contributed by atoms with Gasteiger partial charge in [0, 0.05) is 25.6 Å². The van der Waals surface area contributed by atoms with Gasteiger partial charge in [-0.05, 0) is 36.8 Å². The van der Waals surface area contributed by atoms with Crippen molar-refractivity contribution in [2.45, 2.75) is 20.3 Å². The van der Waals surface area contributed by atoms with Gasteiger partial charge < -0.3 is 14.6 Å². The average Bonchev–Trinajstić information content (AvgIpc) is 3.30. The molecule has 4 rings (SSSR count). The van der Waals surface area contributed by atoms with Crippen molar-refractivity contribution in [1.82, 2.24) is 10.2 Å². The summed E-state index contributed by atoms with van der Waals surface area (Å²) in [6.07, 6.45) is 0.0587. The van der Waals surface area contributed by atoms with Gasteiger partial charge in [-0.25, -0.2) is 4.39 Å². The van der Waals surface area contributed by atoms with Crippen LogP contribution in [0.5, 0.6) is 0 Å². The first-order valence-electron chi connectivity index (χ1n) is 9.19. The summed E-state index contributed by atoms with van der Waals surface area (Å²) in [5.41, 5.74) is 2.08. The Morgan fingerprint density at radius 3 is 2.72 bits per heavy atom. The zero-order chi connectivity index (χ0) is 20.5. The van der Waals surface area contributed by atoms with E-state index in [-0.39, 0.29) is 30.6 Å². The first-order chi connectivity index (χ1) is 13.9. The Hall–Kier alpha value is -3.55. The van der Waals surface area contributed by atoms with E-state index < -0.39 is 5.92 Å². The van der Waals surface area contributed by atoms with Crippen LogP contribution in [0.2, 0.25) is 0 Å². The van der Waals surface area contributed by atoms with Gasteiger partial charge in [-0.3, -0.25) is 9.59 Å². The summed E-state index contributed by atoms with van der Waals surface area (Å²) in [6.45, 7) is 3.53. The van der Waals surface area contributed by atoms with E-state index in [0.717, 1.165) is 0 Å². The van der Waals surface area contributed by atoms with Gasteiger partial charge >= 0.3 is 0 Å². The third kappa shape index (κ3) is 3.73. The van der Waals surface area contributed by atoms with Crippen molar-refractivity contribution in [2.75, 3.05) is 16.8 Å². The monoisotopic (exact) mass is 394 g/mol. The van der Waals surface area contributed by atoms with Crippen molar-refractivity contribution in [2.24, 2.45) is 5.92 Å². The number of benzene rings is 2. The fourth-order valence-corrected chi connectivity index (χ4v) is 3.30. The van der Waals surface area contributed by atoms with Gasteiger partial charge in [0.25, 0.3) is 0 Å². The predicted octanol–water partition coefficient (Wildman–Crippen LogP) is 3.48. The van der Waals surface area contributed by atoms with Crippen LogP contribution in [-0.2, 0) is 9.59 Å². The van der Waals surface area contributed by atoms with Gasteiger partial charge in [0.1, 0.15) is 5.82 Å². The van der Waals surface area contributed by atoms with Crippen LogP contribution in [0, 0.1) is 25.6 Å². The maximum atomic E-state index is 13.9.